The topological polar surface area (TPSA) is 25.8 Å². The minimum atomic E-state index is 0.347. The molecule has 0 atom stereocenters. The normalized spacial score (nSPS) is 10.3. The van der Waals surface area contributed by atoms with E-state index in [1.165, 1.54) is 5.56 Å². The van der Waals surface area contributed by atoms with Gasteiger partial charge in [-0.25, -0.2) is 9.97 Å². The quantitative estimate of drug-likeness (QED) is 0.724. The molecule has 2 aromatic rings. The number of aromatic nitrogens is 2. The fraction of sp³-hybridized carbons (Fsp3) is 0.167. The predicted molar refractivity (Wildman–Crippen MR) is 61.8 cm³/mol. The van der Waals surface area contributed by atoms with Crippen LogP contribution >= 0.6 is 11.6 Å². The van der Waals surface area contributed by atoms with Gasteiger partial charge in [0.15, 0.2) is 0 Å². The SMILES string of the molecule is Cc1ccc(-c2ccnc(CCl)n2)cc1. The van der Waals surface area contributed by atoms with Gasteiger partial charge in [0.1, 0.15) is 5.82 Å². The van der Waals surface area contributed by atoms with Crippen LogP contribution in [-0.4, -0.2) is 9.97 Å². The van der Waals surface area contributed by atoms with E-state index < -0.39 is 0 Å². The number of aryl methyl sites for hydroxylation is 1. The van der Waals surface area contributed by atoms with Crippen LogP contribution in [0.3, 0.4) is 0 Å². The summed E-state index contributed by atoms with van der Waals surface area (Å²) in [5.41, 5.74) is 3.25. The molecule has 0 saturated carbocycles. The van der Waals surface area contributed by atoms with Crippen LogP contribution in [0.1, 0.15) is 11.4 Å². The molecule has 15 heavy (non-hydrogen) atoms. The summed E-state index contributed by atoms with van der Waals surface area (Å²) in [6, 6.07) is 10.1. The second-order valence-electron chi connectivity index (χ2n) is 3.36. The van der Waals surface area contributed by atoms with Gasteiger partial charge in [-0.2, -0.15) is 0 Å². The first-order chi connectivity index (χ1) is 7.29. The Morgan fingerprint density at radius 3 is 2.53 bits per heavy atom. The lowest BCUT2D eigenvalue weighted by Crippen LogP contribution is -1.92. The Balaban J connectivity index is 2.40. The largest absolute Gasteiger partial charge is 0.240 e. The lowest BCUT2D eigenvalue weighted by molar-refractivity contribution is 1.03. The molecule has 0 N–H and O–H groups in total. The standard InChI is InChI=1S/C12H11ClN2/c1-9-2-4-10(5-3-9)11-6-7-14-12(8-13)15-11/h2-7H,8H2,1H3. The van der Waals surface area contributed by atoms with Gasteiger partial charge in [-0.1, -0.05) is 29.8 Å². The summed E-state index contributed by atoms with van der Waals surface area (Å²) in [6.45, 7) is 2.06. The van der Waals surface area contributed by atoms with Gasteiger partial charge in [0.2, 0.25) is 0 Å². The fourth-order valence-corrected chi connectivity index (χ4v) is 1.48. The summed E-state index contributed by atoms with van der Waals surface area (Å²) >= 11 is 5.69. The summed E-state index contributed by atoms with van der Waals surface area (Å²) in [4.78, 5) is 8.41. The third-order valence-corrected chi connectivity index (χ3v) is 2.41. The average Bonchev–Trinajstić information content (AvgIpc) is 2.30. The number of halogens is 1. The lowest BCUT2D eigenvalue weighted by atomic mass is 10.1. The highest BCUT2D eigenvalue weighted by Crippen LogP contribution is 2.17. The molecular formula is C12H11ClN2. The molecule has 2 nitrogen and oxygen atoms in total. The molecule has 0 unspecified atom stereocenters. The summed E-state index contributed by atoms with van der Waals surface area (Å²) in [6.07, 6.45) is 1.74. The van der Waals surface area contributed by atoms with Crippen LogP contribution in [-0.2, 0) is 5.88 Å². The molecule has 0 spiro atoms. The van der Waals surface area contributed by atoms with Gasteiger partial charge < -0.3 is 0 Å². The summed E-state index contributed by atoms with van der Waals surface area (Å²) in [5.74, 6) is 1.01. The number of benzene rings is 1. The fourth-order valence-electron chi connectivity index (χ4n) is 1.35. The number of alkyl halides is 1. The molecule has 2 rings (SSSR count). The van der Waals surface area contributed by atoms with E-state index in [4.69, 9.17) is 11.6 Å². The van der Waals surface area contributed by atoms with Crippen molar-refractivity contribution in [3.8, 4) is 11.3 Å². The van der Waals surface area contributed by atoms with Crippen molar-refractivity contribution in [2.45, 2.75) is 12.8 Å². The Morgan fingerprint density at radius 2 is 1.87 bits per heavy atom. The molecule has 0 bridgehead atoms. The minimum absolute atomic E-state index is 0.347. The van der Waals surface area contributed by atoms with Gasteiger partial charge in [-0.15, -0.1) is 11.6 Å². The van der Waals surface area contributed by atoms with Crippen molar-refractivity contribution in [3.63, 3.8) is 0 Å². The Morgan fingerprint density at radius 1 is 1.13 bits per heavy atom. The third-order valence-electron chi connectivity index (χ3n) is 2.17. The lowest BCUT2D eigenvalue weighted by Gasteiger charge is -2.02. The Bertz CT molecular complexity index is 451. The van der Waals surface area contributed by atoms with Crippen LogP contribution in [0.5, 0.6) is 0 Å². The summed E-state index contributed by atoms with van der Waals surface area (Å²) in [7, 11) is 0. The zero-order valence-corrected chi connectivity index (χ0v) is 9.20. The van der Waals surface area contributed by atoms with E-state index in [9.17, 15) is 0 Å². The van der Waals surface area contributed by atoms with Crippen LogP contribution in [0.25, 0.3) is 11.3 Å². The summed E-state index contributed by atoms with van der Waals surface area (Å²) < 4.78 is 0. The Hall–Kier alpha value is -1.41. The van der Waals surface area contributed by atoms with E-state index in [0.717, 1.165) is 11.3 Å². The van der Waals surface area contributed by atoms with Crippen LogP contribution in [0.15, 0.2) is 36.5 Å². The van der Waals surface area contributed by atoms with E-state index in [0.29, 0.717) is 11.7 Å². The molecule has 0 radical (unpaired) electrons. The van der Waals surface area contributed by atoms with E-state index in [-0.39, 0.29) is 0 Å². The van der Waals surface area contributed by atoms with Gasteiger partial charge >= 0.3 is 0 Å². The van der Waals surface area contributed by atoms with Crippen molar-refractivity contribution in [3.05, 3.63) is 47.9 Å². The molecule has 1 heterocycles. The maximum atomic E-state index is 5.69. The molecule has 1 aromatic heterocycles. The maximum absolute atomic E-state index is 5.69. The number of hydrogen-bond donors (Lipinski definition) is 0. The zero-order valence-electron chi connectivity index (χ0n) is 8.44. The number of nitrogens with zero attached hydrogens (tertiary/aromatic N) is 2. The van der Waals surface area contributed by atoms with E-state index in [1.54, 1.807) is 6.20 Å². The Kier molecular flexibility index (Phi) is 2.97. The van der Waals surface area contributed by atoms with Gasteiger partial charge in [0, 0.05) is 11.8 Å². The second-order valence-corrected chi connectivity index (χ2v) is 3.63. The summed E-state index contributed by atoms with van der Waals surface area (Å²) in [5, 5.41) is 0. The van der Waals surface area contributed by atoms with Gasteiger partial charge in [-0.3, -0.25) is 0 Å². The van der Waals surface area contributed by atoms with Gasteiger partial charge in [-0.05, 0) is 13.0 Å². The molecule has 0 aliphatic rings. The first-order valence-corrected chi connectivity index (χ1v) is 5.28. The van der Waals surface area contributed by atoms with Crippen LogP contribution < -0.4 is 0 Å². The van der Waals surface area contributed by atoms with Crippen molar-refractivity contribution < 1.29 is 0 Å². The second kappa shape index (κ2) is 4.41. The zero-order chi connectivity index (χ0) is 10.7. The van der Waals surface area contributed by atoms with Crippen LogP contribution in [0.2, 0.25) is 0 Å². The third kappa shape index (κ3) is 2.34. The number of rotatable bonds is 2. The molecule has 0 saturated heterocycles. The van der Waals surface area contributed by atoms with Crippen molar-refractivity contribution in [2.24, 2.45) is 0 Å². The average molecular weight is 219 g/mol. The molecule has 0 aliphatic heterocycles. The molecule has 0 fully saturated rings. The van der Waals surface area contributed by atoms with E-state index >= 15 is 0 Å². The van der Waals surface area contributed by atoms with Gasteiger partial charge in [0.05, 0.1) is 11.6 Å². The smallest absolute Gasteiger partial charge is 0.143 e. The molecule has 0 amide bonds. The Labute approximate surface area is 94.0 Å². The van der Waals surface area contributed by atoms with E-state index in [1.807, 2.05) is 6.07 Å². The van der Waals surface area contributed by atoms with Crippen molar-refractivity contribution in [1.82, 2.24) is 9.97 Å². The molecular weight excluding hydrogens is 208 g/mol. The van der Waals surface area contributed by atoms with Gasteiger partial charge in [0.25, 0.3) is 0 Å². The highest BCUT2D eigenvalue weighted by Gasteiger charge is 2.00. The number of hydrogen-bond acceptors (Lipinski definition) is 2. The van der Waals surface area contributed by atoms with Crippen molar-refractivity contribution in [2.75, 3.05) is 0 Å². The maximum Gasteiger partial charge on any atom is 0.143 e. The first kappa shape index (κ1) is 10.1. The van der Waals surface area contributed by atoms with Crippen molar-refractivity contribution >= 4 is 11.6 Å². The van der Waals surface area contributed by atoms with Crippen LogP contribution in [0.4, 0.5) is 0 Å². The minimum Gasteiger partial charge on any atom is -0.240 e. The first-order valence-electron chi connectivity index (χ1n) is 4.74. The molecule has 3 heteroatoms. The highest BCUT2D eigenvalue weighted by molar-refractivity contribution is 6.16. The van der Waals surface area contributed by atoms with Crippen molar-refractivity contribution in [1.29, 1.82) is 0 Å². The molecule has 76 valence electrons. The predicted octanol–water partition coefficient (Wildman–Crippen LogP) is 3.19. The monoisotopic (exact) mass is 218 g/mol. The molecule has 0 aliphatic carbocycles. The van der Waals surface area contributed by atoms with Crippen LogP contribution in [0, 0.1) is 6.92 Å². The highest BCUT2D eigenvalue weighted by atomic mass is 35.5. The molecule has 1 aromatic carbocycles. The van der Waals surface area contributed by atoms with E-state index in [2.05, 4.69) is 41.2 Å².